The highest BCUT2D eigenvalue weighted by Gasteiger charge is 2.37. The fraction of sp³-hybridized carbons (Fsp3) is 0.680. The first kappa shape index (κ1) is 22.1. The van der Waals surface area contributed by atoms with E-state index in [4.69, 9.17) is 9.57 Å². The molecule has 4 aliphatic rings. The second-order valence-electron chi connectivity index (χ2n) is 9.64. The lowest BCUT2D eigenvalue weighted by atomic mass is 9.69. The van der Waals surface area contributed by atoms with Crippen molar-refractivity contribution < 1.29 is 14.4 Å². The molecule has 6 heteroatoms. The van der Waals surface area contributed by atoms with Gasteiger partial charge in [0.05, 0.1) is 0 Å². The standard InChI is InChI=1S/C25H37N3O3/c1-28-14-11-21(12-15-28)17-26-25(29)18-30-23-8-4-19(5-9-23)10-13-27-31-24-16-20-2-6-22(24)7-3-20/h4-5,8-9,13,20-22,24H,2-3,6-7,10-12,14-18H2,1H3,(H,26,29). The van der Waals surface area contributed by atoms with Gasteiger partial charge in [0.2, 0.25) is 0 Å². The van der Waals surface area contributed by atoms with Crippen LogP contribution in [-0.2, 0) is 16.1 Å². The van der Waals surface area contributed by atoms with Crippen molar-refractivity contribution in [3.63, 3.8) is 0 Å². The maximum atomic E-state index is 12.1. The van der Waals surface area contributed by atoms with Crippen molar-refractivity contribution in [1.82, 2.24) is 10.2 Å². The summed E-state index contributed by atoms with van der Waals surface area (Å²) in [7, 11) is 2.15. The zero-order valence-corrected chi connectivity index (χ0v) is 18.8. The Bertz CT molecular complexity index is 720. The van der Waals surface area contributed by atoms with E-state index in [2.05, 4.69) is 22.4 Å². The van der Waals surface area contributed by atoms with E-state index in [1.54, 1.807) is 0 Å². The molecule has 0 aromatic heterocycles. The minimum absolute atomic E-state index is 0.0521. The highest BCUT2D eigenvalue weighted by atomic mass is 16.6. The van der Waals surface area contributed by atoms with Gasteiger partial charge in [-0.15, -0.1) is 0 Å². The molecule has 3 aliphatic carbocycles. The summed E-state index contributed by atoms with van der Waals surface area (Å²) in [6, 6.07) is 7.85. The number of hydrogen-bond acceptors (Lipinski definition) is 5. The van der Waals surface area contributed by atoms with Crippen LogP contribution in [0.4, 0.5) is 0 Å². The zero-order chi connectivity index (χ0) is 21.5. The van der Waals surface area contributed by atoms with E-state index in [0.717, 1.165) is 50.4 Å². The summed E-state index contributed by atoms with van der Waals surface area (Å²) in [5, 5.41) is 7.25. The van der Waals surface area contributed by atoms with Gasteiger partial charge in [-0.1, -0.05) is 17.3 Å². The highest BCUT2D eigenvalue weighted by Crippen LogP contribution is 2.42. The van der Waals surface area contributed by atoms with Crippen LogP contribution in [0, 0.1) is 17.8 Å². The third-order valence-corrected chi connectivity index (χ3v) is 7.30. The predicted octanol–water partition coefficient (Wildman–Crippen LogP) is 3.65. The molecular formula is C25H37N3O3. The van der Waals surface area contributed by atoms with Crippen molar-refractivity contribution in [3.05, 3.63) is 29.8 Å². The molecule has 6 nitrogen and oxygen atoms in total. The van der Waals surface area contributed by atoms with Crippen LogP contribution in [-0.4, -0.2) is 56.4 Å². The molecule has 1 aliphatic heterocycles. The Morgan fingerprint density at radius 2 is 1.87 bits per heavy atom. The van der Waals surface area contributed by atoms with E-state index in [1.165, 1.54) is 32.1 Å². The normalized spacial score (nSPS) is 26.8. The molecule has 4 fully saturated rings. The summed E-state index contributed by atoms with van der Waals surface area (Å²) in [4.78, 5) is 20.2. The number of fused-ring (bicyclic) bond motifs is 3. The number of hydrogen-bond donors (Lipinski definition) is 1. The Morgan fingerprint density at radius 3 is 2.55 bits per heavy atom. The quantitative estimate of drug-likeness (QED) is 0.483. The number of piperidine rings is 1. The Morgan fingerprint density at radius 1 is 1.13 bits per heavy atom. The first-order valence-corrected chi connectivity index (χ1v) is 12.0. The molecule has 31 heavy (non-hydrogen) atoms. The molecule has 0 radical (unpaired) electrons. The van der Waals surface area contributed by atoms with Crippen molar-refractivity contribution in [2.75, 3.05) is 33.3 Å². The second kappa shape index (κ2) is 11.0. The van der Waals surface area contributed by atoms with Gasteiger partial charge in [0.1, 0.15) is 11.9 Å². The number of likely N-dealkylation sites (tertiary alicyclic amines) is 1. The fourth-order valence-corrected chi connectivity index (χ4v) is 5.16. The Balaban J connectivity index is 1.11. The molecule has 2 bridgehead atoms. The van der Waals surface area contributed by atoms with Gasteiger partial charge in [0.25, 0.3) is 5.91 Å². The number of rotatable bonds is 9. The summed E-state index contributed by atoms with van der Waals surface area (Å²) in [6.07, 6.45) is 11.8. The van der Waals surface area contributed by atoms with Crippen LogP contribution in [0.5, 0.6) is 5.75 Å². The van der Waals surface area contributed by atoms with Gasteiger partial charge in [-0.3, -0.25) is 4.79 Å². The highest BCUT2D eigenvalue weighted by molar-refractivity contribution is 5.77. The van der Waals surface area contributed by atoms with Gasteiger partial charge in [0.15, 0.2) is 6.61 Å². The van der Waals surface area contributed by atoms with E-state index in [0.29, 0.717) is 23.7 Å². The maximum absolute atomic E-state index is 12.1. The summed E-state index contributed by atoms with van der Waals surface area (Å²) >= 11 is 0. The second-order valence-corrected chi connectivity index (χ2v) is 9.64. The van der Waals surface area contributed by atoms with Crippen LogP contribution in [0.1, 0.15) is 50.5 Å². The summed E-state index contributed by atoms with van der Waals surface area (Å²) in [5.74, 6) is 2.81. The first-order valence-electron chi connectivity index (χ1n) is 12.0. The molecule has 1 aromatic rings. The van der Waals surface area contributed by atoms with Gasteiger partial charge in [-0.2, -0.15) is 0 Å². The van der Waals surface area contributed by atoms with Crippen molar-refractivity contribution in [2.45, 2.75) is 57.5 Å². The average Bonchev–Trinajstić information content (AvgIpc) is 2.82. The van der Waals surface area contributed by atoms with Crippen LogP contribution < -0.4 is 10.1 Å². The number of amides is 1. The minimum Gasteiger partial charge on any atom is -0.484 e. The van der Waals surface area contributed by atoms with Crippen LogP contribution in [0.2, 0.25) is 0 Å². The molecule has 5 rings (SSSR count). The summed E-state index contributed by atoms with van der Waals surface area (Å²) < 4.78 is 5.63. The number of oxime groups is 1. The smallest absolute Gasteiger partial charge is 0.257 e. The van der Waals surface area contributed by atoms with Gasteiger partial charge < -0.3 is 19.8 Å². The molecule has 1 heterocycles. The van der Waals surface area contributed by atoms with Crippen molar-refractivity contribution in [3.8, 4) is 5.75 Å². The molecule has 1 amide bonds. The molecule has 1 saturated heterocycles. The van der Waals surface area contributed by atoms with E-state index >= 15 is 0 Å². The third kappa shape index (κ3) is 6.70. The molecule has 170 valence electrons. The number of benzene rings is 1. The molecule has 3 saturated carbocycles. The van der Waals surface area contributed by atoms with Crippen LogP contribution in [0.25, 0.3) is 0 Å². The van der Waals surface area contributed by atoms with Gasteiger partial charge in [-0.25, -0.2) is 0 Å². The number of nitrogens with one attached hydrogen (secondary N) is 1. The largest absolute Gasteiger partial charge is 0.484 e. The van der Waals surface area contributed by atoms with E-state index in [9.17, 15) is 4.79 Å². The SMILES string of the molecule is CN1CCC(CNC(=O)COc2ccc(CC=NOC3CC4CCC3CC4)cc2)CC1. The monoisotopic (exact) mass is 427 g/mol. The van der Waals surface area contributed by atoms with E-state index < -0.39 is 0 Å². The lowest BCUT2D eigenvalue weighted by molar-refractivity contribution is -0.123. The van der Waals surface area contributed by atoms with Crippen molar-refractivity contribution in [1.29, 1.82) is 0 Å². The number of carbonyl (C=O) groups excluding carboxylic acids is 1. The number of ether oxygens (including phenoxy) is 1. The van der Waals surface area contributed by atoms with Gasteiger partial charge in [-0.05, 0) is 101 Å². The van der Waals surface area contributed by atoms with Gasteiger partial charge >= 0.3 is 0 Å². The van der Waals surface area contributed by atoms with E-state index in [-0.39, 0.29) is 12.5 Å². The first-order chi connectivity index (χ1) is 15.2. The van der Waals surface area contributed by atoms with Crippen LogP contribution in [0.3, 0.4) is 0 Å². The minimum atomic E-state index is -0.0521. The molecule has 1 unspecified atom stereocenters. The number of carbonyl (C=O) groups is 1. The Kier molecular flexibility index (Phi) is 7.84. The summed E-state index contributed by atoms with van der Waals surface area (Å²) in [5.41, 5.74) is 1.15. The van der Waals surface area contributed by atoms with Gasteiger partial charge in [0, 0.05) is 19.2 Å². The number of nitrogens with zero attached hydrogens (tertiary/aromatic N) is 2. The molecule has 1 atom stereocenters. The van der Waals surface area contributed by atoms with Crippen LogP contribution >= 0.6 is 0 Å². The third-order valence-electron chi connectivity index (χ3n) is 7.30. The Labute approximate surface area is 186 Å². The molecule has 1 aromatic carbocycles. The lowest BCUT2D eigenvalue weighted by Crippen LogP contribution is -2.38. The predicted molar refractivity (Wildman–Crippen MR) is 122 cm³/mol. The van der Waals surface area contributed by atoms with E-state index in [1.807, 2.05) is 30.5 Å². The fourth-order valence-electron chi connectivity index (χ4n) is 5.16. The van der Waals surface area contributed by atoms with Crippen molar-refractivity contribution >= 4 is 12.1 Å². The molecule has 1 N–H and O–H groups in total. The van der Waals surface area contributed by atoms with Crippen molar-refractivity contribution in [2.24, 2.45) is 22.9 Å². The molecule has 0 spiro atoms. The van der Waals surface area contributed by atoms with Crippen LogP contribution in [0.15, 0.2) is 29.4 Å². The average molecular weight is 428 g/mol. The topological polar surface area (TPSA) is 63.2 Å². The lowest BCUT2D eigenvalue weighted by Gasteiger charge is -2.40. The zero-order valence-electron chi connectivity index (χ0n) is 18.8. The molecular weight excluding hydrogens is 390 g/mol. The Hall–Kier alpha value is -2.08. The summed E-state index contributed by atoms with van der Waals surface area (Å²) in [6.45, 7) is 3.03. The maximum Gasteiger partial charge on any atom is 0.257 e.